The number of carbonyl (C=O) groups excluding carboxylic acids is 1. The number of carboxylic acid groups (broad SMARTS) is 1. The number of hydrogen-bond acceptors (Lipinski definition) is 5. The summed E-state index contributed by atoms with van der Waals surface area (Å²) in [5.74, 6) is -0.692. The van der Waals surface area contributed by atoms with Gasteiger partial charge in [-0.1, -0.05) is 51.7 Å². The molecule has 2 unspecified atom stereocenters. The molecule has 3 N–H and O–H groups in total. The molecule has 36 heavy (non-hydrogen) atoms. The van der Waals surface area contributed by atoms with Crippen molar-refractivity contribution in [2.24, 2.45) is 5.92 Å². The maximum Gasteiger partial charge on any atom is 0.326 e. The van der Waals surface area contributed by atoms with E-state index >= 15 is 0 Å². The predicted molar refractivity (Wildman–Crippen MR) is 144 cm³/mol. The molecule has 2 heterocycles. The molecular formula is C28H37N5O3. The highest BCUT2D eigenvalue weighted by molar-refractivity contribution is 5.97. The maximum atomic E-state index is 13.0. The molecule has 0 aliphatic heterocycles. The summed E-state index contributed by atoms with van der Waals surface area (Å²) in [5, 5.41) is 16.0. The summed E-state index contributed by atoms with van der Waals surface area (Å²) in [6.45, 7) is 3.74. The van der Waals surface area contributed by atoms with E-state index < -0.39 is 17.9 Å². The van der Waals surface area contributed by atoms with Crippen molar-refractivity contribution in [1.29, 1.82) is 0 Å². The highest BCUT2D eigenvalue weighted by Crippen LogP contribution is 2.32. The van der Waals surface area contributed by atoms with Gasteiger partial charge in [0.15, 0.2) is 0 Å². The summed E-state index contributed by atoms with van der Waals surface area (Å²) in [4.78, 5) is 31.6. The van der Waals surface area contributed by atoms with Gasteiger partial charge in [0.05, 0.1) is 0 Å². The normalized spacial score (nSPS) is 15.9. The molecule has 192 valence electrons. The van der Waals surface area contributed by atoms with Gasteiger partial charge >= 0.3 is 5.97 Å². The molecule has 8 heteroatoms. The van der Waals surface area contributed by atoms with E-state index in [9.17, 15) is 14.7 Å². The topological polar surface area (TPSA) is 99.0 Å². The lowest BCUT2D eigenvalue weighted by Crippen LogP contribution is -2.45. The van der Waals surface area contributed by atoms with E-state index in [0.29, 0.717) is 23.7 Å². The van der Waals surface area contributed by atoms with Crippen molar-refractivity contribution in [3.05, 3.63) is 48.2 Å². The largest absolute Gasteiger partial charge is 0.480 e. The maximum absolute atomic E-state index is 13.0. The number of carbonyl (C=O) groups is 2. The Morgan fingerprint density at radius 2 is 1.83 bits per heavy atom. The number of anilines is 2. The minimum atomic E-state index is -1.03. The lowest BCUT2D eigenvalue weighted by atomic mass is 9.95. The number of nitrogens with one attached hydrogen (secondary N) is 2. The van der Waals surface area contributed by atoms with Crippen LogP contribution in [0.25, 0.3) is 16.9 Å². The van der Waals surface area contributed by atoms with Gasteiger partial charge < -0.3 is 20.6 Å². The summed E-state index contributed by atoms with van der Waals surface area (Å²) < 4.78 is 1.99. The predicted octanol–water partition coefficient (Wildman–Crippen LogP) is 5.04. The molecule has 1 amide bonds. The third kappa shape index (κ3) is 5.48. The van der Waals surface area contributed by atoms with Gasteiger partial charge in [0.25, 0.3) is 5.91 Å². The summed E-state index contributed by atoms with van der Waals surface area (Å²) in [6, 6.07) is 11.2. The van der Waals surface area contributed by atoms with Crippen LogP contribution in [-0.4, -0.2) is 52.5 Å². The zero-order valence-corrected chi connectivity index (χ0v) is 21.6. The van der Waals surface area contributed by atoms with Crippen LogP contribution in [0.2, 0.25) is 0 Å². The molecule has 0 radical (unpaired) electrons. The summed E-state index contributed by atoms with van der Waals surface area (Å²) >= 11 is 0. The fourth-order valence-electron chi connectivity index (χ4n) is 4.79. The van der Waals surface area contributed by atoms with Gasteiger partial charge in [0.1, 0.15) is 23.2 Å². The molecule has 4 rings (SSSR count). The van der Waals surface area contributed by atoms with Gasteiger partial charge in [-0.15, -0.1) is 0 Å². The summed E-state index contributed by atoms with van der Waals surface area (Å²) in [7, 11) is 4.03. The van der Waals surface area contributed by atoms with E-state index in [1.165, 1.54) is 19.3 Å². The molecule has 0 spiro atoms. The van der Waals surface area contributed by atoms with Crippen molar-refractivity contribution in [3.63, 3.8) is 0 Å². The third-order valence-electron chi connectivity index (χ3n) is 7.26. The Balaban J connectivity index is 1.70. The molecule has 8 nitrogen and oxygen atoms in total. The standard InChI is InChI=1S/C28H37N5O3/c1-5-18(2)24(28(35)36)31-27(34)20-15-16-33-23(17-20)30-25(19-11-13-22(14-12-19)32(3)4)26(33)29-21-9-7-6-8-10-21/h11-18,21,24,29H,5-10H2,1-4H3,(H,31,34)(H,35,36). The minimum Gasteiger partial charge on any atom is -0.480 e. The van der Waals surface area contributed by atoms with Crippen molar-refractivity contribution >= 4 is 29.0 Å². The Kier molecular flexibility index (Phi) is 7.82. The molecule has 2 aromatic heterocycles. The Bertz CT molecular complexity index is 1210. The number of nitrogens with zero attached hydrogens (tertiary/aromatic N) is 3. The van der Waals surface area contributed by atoms with E-state index in [-0.39, 0.29) is 5.92 Å². The van der Waals surface area contributed by atoms with Gasteiger partial charge in [-0.3, -0.25) is 9.20 Å². The van der Waals surface area contributed by atoms with Crippen molar-refractivity contribution in [1.82, 2.24) is 14.7 Å². The number of pyridine rings is 1. The van der Waals surface area contributed by atoms with Gasteiger partial charge in [-0.25, -0.2) is 9.78 Å². The van der Waals surface area contributed by atoms with Crippen molar-refractivity contribution in [3.8, 4) is 11.3 Å². The molecule has 1 fully saturated rings. The molecule has 0 bridgehead atoms. The SMILES string of the molecule is CCC(C)C(NC(=O)c1ccn2c(NC3CCCCC3)c(-c3ccc(N(C)C)cc3)nc2c1)C(=O)O. The lowest BCUT2D eigenvalue weighted by molar-refractivity contribution is -0.140. The lowest BCUT2D eigenvalue weighted by Gasteiger charge is -2.24. The molecule has 2 atom stereocenters. The van der Waals surface area contributed by atoms with Crippen molar-refractivity contribution < 1.29 is 14.7 Å². The quantitative estimate of drug-likeness (QED) is 0.388. The van der Waals surface area contributed by atoms with E-state index in [2.05, 4.69) is 39.8 Å². The molecule has 1 aromatic carbocycles. The zero-order valence-electron chi connectivity index (χ0n) is 21.6. The Hall–Kier alpha value is -3.55. The van der Waals surface area contributed by atoms with Gasteiger partial charge in [-0.05, 0) is 43.0 Å². The number of aromatic nitrogens is 2. The molecule has 1 aliphatic carbocycles. The first-order valence-electron chi connectivity index (χ1n) is 12.9. The molecule has 1 saturated carbocycles. The Labute approximate surface area is 212 Å². The highest BCUT2D eigenvalue weighted by atomic mass is 16.4. The Morgan fingerprint density at radius 3 is 2.44 bits per heavy atom. The smallest absolute Gasteiger partial charge is 0.326 e. The highest BCUT2D eigenvalue weighted by Gasteiger charge is 2.26. The van der Waals surface area contributed by atoms with E-state index in [1.807, 2.05) is 38.5 Å². The minimum absolute atomic E-state index is 0.176. The van der Waals surface area contributed by atoms with Gasteiger partial charge in [0, 0.05) is 43.1 Å². The number of imidazole rings is 1. The van der Waals surface area contributed by atoms with Crippen molar-refractivity contribution in [2.75, 3.05) is 24.3 Å². The number of amides is 1. The zero-order chi connectivity index (χ0) is 25.8. The van der Waals surface area contributed by atoms with Crippen LogP contribution in [0.3, 0.4) is 0 Å². The van der Waals surface area contributed by atoms with E-state index in [0.717, 1.165) is 35.6 Å². The molecule has 0 saturated heterocycles. The van der Waals surface area contributed by atoms with E-state index in [1.54, 1.807) is 12.1 Å². The monoisotopic (exact) mass is 491 g/mol. The van der Waals surface area contributed by atoms with Crippen LogP contribution >= 0.6 is 0 Å². The average Bonchev–Trinajstić information content (AvgIpc) is 3.24. The number of benzene rings is 1. The van der Waals surface area contributed by atoms with Crippen LogP contribution in [0, 0.1) is 5.92 Å². The van der Waals surface area contributed by atoms with Crippen LogP contribution in [-0.2, 0) is 4.79 Å². The number of hydrogen-bond donors (Lipinski definition) is 3. The van der Waals surface area contributed by atoms with Crippen LogP contribution in [0.15, 0.2) is 42.6 Å². The van der Waals surface area contributed by atoms with Crippen LogP contribution in [0.5, 0.6) is 0 Å². The first-order chi connectivity index (χ1) is 17.3. The summed E-state index contributed by atoms with van der Waals surface area (Å²) in [6.07, 6.45) is 8.45. The molecular weight excluding hydrogens is 454 g/mol. The summed E-state index contributed by atoms with van der Waals surface area (Å²) in [5.41, 5.74) is 3.98. The fourth-order valence-corrected chi connectivity index (χ4v) is 4.79. The number of rotatable bonds is 9. The fraction of sp³-hybridized carbons (Fsp3) is 0.464. The Morgan fingerprint density at radius 1 is 1.14 bits per heavy atom. The third-order valence-corrected chi connectivity index (χ3v) is 7.26. The number of aliphatic carboxylic acids is 1. The van der Waals surface area contributed by atoms with Gasteiger partial charge in [-0.2, -0.15) is 0 Å². The number of carboxylic acids is 1. The van der Waals surface area contributed by atoms with Crippen LogP contribution < -0.4 is 15.5 Å². The first-order valence-corrected chi connectivity index (χ1v) is 12.9. The molecule has 3 aromatic rings. The second-order valence-electron chi connectivity index (χ2n) is 10.0. The first kappa shape index (κ1) is 25.5. The van der Waals surface area contributed by atoms with Gasteiger partial charge in [0.2, 0.25) is 0 Å². The van der Waals surface area contributed by atoms with E-state index in [4.69, 9.17) is 4.98 Å². The number of fused-ring (bicyclic) bond motifs is 1. The van der Waals surface area contributed by atoms with Crippen LogP contribution in [0.1, 0.15) is 62.7 Å². The van der Waals surface area contributed by atoms with Crippen LogP contribution in [0.4, 0.5) is 11.5 Å². The average molecular weight is 492 g/mol. The second kappa shape index (κ2) is 11.0. The molecule has 1 aliphatic rings. The van der Waals surface area contributed by atoms with Crippen molar-refractivity contribution in [2.45, 2.75) is 64.5 Å². The second-order valence-corrected chi connectivity index (χ2v) is 10.0.